The molecule has 6 heteroatoms. The van der Waals surface area contributed by atoms with Crippen molar-refractivity contribution in [3.63, 3.8) is 0 Å². The number of H-pyrrole nitrogens is 1. The highest BCUT2D eigenvalue weighted by molar-refractivity contribution is 5.88. The Balaban J connectivity index is 2.37. The van der Waals surface area contributed by atoms with E-state index in [0.29, 0.717) is 5.56 Å². The molecule has 0 spiro atoms. The molecular weight excluding hydrogens is 270 g/mol. The number of nitrogens with zero attached hydrogens (tertiary/aromatic N) is 2. The van der Waals surface area contributed by atoms with Gasteiger partial charge in [-0.3, -0.25) is 9.89 Å². The monoisotopic (exact) mass is 289 g/mol. The van der Waals surface area contributed by atoms with Crippen LogP contribution in [0.1, 0.15) is 48.1 Å². The molecule has 0 amide bonds. The van der Waals surface area contributed by atoms with Crippen LogP contribution in [0.3, 0.4) is 0 Å². The summed E-state index contributed by atoms with van der Waals surface area (Å²) < 4.78 is 1.37. The van der Waals surface area contributed by atoms with Gasteiger partial charge >= 0.3 is 5.97 Å². The summed E-state index contributed by atoms with van der Waals surface area (Å²) in [6.45, 7) is 8.03. The number of aromatic amines is 1. The third kappa shape index (κ3) is 3.04. The molecule has 0 radical (unpaired) electrons. The topological polar surface area (TPSA) is 88.0 Å². The van der Waals surface area contributed by atoms with E-state index in [1.54, 1.807) is 19.2 Å². The average molecular weight is 289 g/mol. The molecule has 0 saturated heterocycles. The van der Waals surface area contributed by atoms with Gasteiger partial charge in [-0.25, -0.2) is 4.79 Å². The first-order chi connectivity index (χ1) is 9.70. The second-order valence-electron chi connectivity index (χ2n) is 6.14. The third-order valence-corrected chi connectivity index (χ3v) is 3.33. The number of aromatic nitrogens is 3. The minimum atomic E-state index is -1.20. The second kappa shape index (κ2) is 5.20. The molecule has 0 aliphatic rings. The minimum Gasteiger partial charge on any atom is -0.477 e. The average Bonchev–Trinajstić information content (AvgIpc) is 2.81. The zero-order valence-electron chi connectivity index (χ0n) is 12.6. The summed E-state index contributed by atoms with van der Waals surface area (Å²) in [7, 11) is 0. The lowest BCUT2D eigenvalue weighted by molar-refractivity contribution is 0.0693. The largest absolute Gasteiger partial charge is 0.477 e. The number of hydrogen-bond donors (Lipinski definition) is 2. The lowest BCUT2D eigenvalue weighted by Crippen LogP contribution is -2.27. The number of rotatable bonds is 3. The van der Waals surface area contributed by atoms with Crippen molar-refractivity contribution in [1.82, 2.24) is 14.8 Å². The number of pyridine rings is 1. The van der Waals surface area contributed by atoms with Crippen LogP contribution < -0.4 is 5.56 Å². The van der Waals surface area contributed by atoms with Gasteiger partial charge in [0, 0.05) is 11.6 Å². The fraction of sp³-hybridized carbons (Fsp3) is 0.400. The van der Waals surface area contributed by atoms with Crippen LogP contribution in [0.4, 0.5) is 0 Å². The van der Waals surface area contributed by atoms with Crippen molar-refractivity contribution < 1.29 is 9.90 Å². The van der Waals surface area contributed by atoms with Gasteiger partial charge in [0.05, 0.1) is 17.9 Å². The molecule has 0 aromatic carbocycles. The summed E-state index contributed by atoms with van der Waals surface area (Å²) in [6, 6.07) is 3.53. The van der Waals surface area contributed by atoms with Gasteiger partial charge in [0.2, 0.25) is 0 Å². The van der Waals surface area contributed by atoms with E-state index in [-0.39, 0.29) is 17.5 Å². The summed E-state index contributed by atoms with van der Waals surface area (Å²) in [5.41, 5.74) is 1.35. The van der Waals surface area contributed by atoms with Gasteiger partial charge in [-0.1, -0.05) is 20.8 Å². The fourth-order valence-electron chi connectivity index (χ4n) is 2.06. The van der Waals surface area contributed by atoms with Crippen LogP contribution in [0.15, 0.2) is 23.1 Å². The van der Waals surface area contributed by atoms with Gasteiger partial charge in [0.1, 0.15) is 5.56 Å². The molecular formula is C15H19N3O3. The van der Waals surface area contributed by atoms with Gasteiger partial charge in [-0.05, 0) is 24.6 Å². The van der Waals surface area contributed by atoms with Crippen LogP contribution in [0.5, 0.6) is 0 Å². The highest BCUT2D eigenvalue weighted by Crippen LogP contribution is 2.20. The second-order valence-corrected chi connectivity index (χ2v) is 6.14. The Morgan fingerprint density at radius 3 is 2.62 bits per heavy atom. The smallest absolute Gasteiger partial charge is 0.341 e. The zero-order chi connectivity index (χ0) is 15.8. The van der Waals surface area contributed by atoms with E-state index in [2.05, 4.69) is 10.2 Å². The number of carboxylic acid groups (broad SMARTS) is 1. The van der Waals surface area contributed by atoms with E-state index >= 15 is 0 Å². The molecule has 2 N–H and O–H groups in total. The number of aryl methyl sites for hydroxylation is 1. The van der Waals surface area contributed by atoms with Crippen molar-refractivity contribution in [2.75, 3.05) is 0 Å². The molecule has 0 atom stereocenters. The quantitative estimate of drug-likeness (QED) is 0.903. The summed E-state index contributed by atoms with van der Waals surface area (Å²) >= 11 is 0. The van der Waals surface area contributed by atoms with Crippen molar-refractivity contribution in [2.24, 2.45) is 0 Å². The summed E-state index contributed by atoms with van der Waals surface area (Å²) in [6.07, 6.45) is 1.60. The summed E-state index contributed by atoms with van der Waals surface area (Å²) in [5, 5.41) is 16.2. The van der Waals surface area contributed by atoms with Gasteiger partial charge in [0.25, 0.3) is 5.56 Å². The Kier molecular flexibility index (Phi) is 3.72. The number of aromatic carboxylic acids is 1. The van der Waals surface area contributed by atoms with Crippen LogP contribution in [0.2, 0.25) is 0 Å². The van der Waals surface area contributed by atoms with Crippen LogP contribution in [-0.4, -0.2) is 25.8 Å². The van der Waals surface area contributed by atoms with Gasteiger partial charge in [-0.15, -0.1) is 0 Å². The molecule has 0 saturated carbocycles. The van der Waals surface area contributed by atoms with Crippen molar-refractivity contribution in [2.45, 2.75) is 39.7 Å². The molecule has 0 fully saturated rings. The first kappa shape index (κ1) is 15.0. The SMILES string of the molecule is Cc1ccn(Cc2cc(C(C)(C)C)n[nH]2)c(=O)c1C(=O)O. The minimum absolute atomic E-state index is 0.0841. The Morgan fingerprint density at radius 1 is 1.43 bits per heavy atom. The maximum atomic E-state index is 12.2. The Labute approximate surface area is 122 Å². The number of carbonyl (C=O) groups is 1. The van der Waals surface area contributed by atoms with Crippen molar-refractivity contribution in [3.05, 3.63) is 51.2 Å². The maximum absolute atomic E-state index is 12.2. The lowest BCUT2D eigenvalue weighted by Gasteiger charge is -2.13. The van der Waals surface area contributed by atoms with E-state index in [9.17, 15) is 9.59 Å². The predicted octanol–water partition coefficient (Wildman–Crippen LogP) is 1.92. The van der Waals surface area contributed by atoms with Crippen molar-refractivity contribution >= 4 is 5.97 Å². The van der Waals surface area contributed by atoms with Gasteiger partial charge in [0.15, 0.2) is 0 Å². The van der Waals surface area contributed by atoms with E-state index in [1.165, 1.54) is 4.57 Å². The fourth-order valence-corrected chi connectivity index (χ4v) is 2.06. The standard InChI is InChI=1S/C15H19N3O3/c1-9-5-6-18(13(19)12(9)14(20)21)8-10-7-11(17-16-10)15(2,3)4/h5-7H,8H2,1-4H3,(H,16,17)(H,20,21). The van der Waals surface area contributed by atoms with E-state index in [0.717, 1.165) is 11.4 Å². The highest BCUT2D eigenvalue weighted by atomic mass is 16.4. The Morgan fingerprint density at radius 2 is 2.10 bits per heavy atom. The number of nitrogens with one attached hydrogen (secondary N) is 1. The van der Waals surface area contributed by atoms with Crippen LogP contribution in [0.25, 0.3) is 0 Å². The Bertz CT molecular complexity index is 735. The number of hydrogen-bond acceptors (Lipinski definition) is 3. The first-order valence-corrected chi connectivity index (χ1v) is 6.68. The van der Waals surface area contributed by atoms with E-state index in [1.807, 2.05) is 26.8 Å². The maximum Gasteiger partial charge on any atom is 0.341 e. The number of carboxylic acids is 1. The molecule has 2 aromatic rings. The molecule has 0 aliphatic carbocycles. The molecule has 21 heavy (non-hydrogen) atoms. The molecule has 6 nitrogen and oxygen atoms in total. The lowest BCUT2D eigenvalue weighted by atomic mass is 9.92. The molecule has 0 unspecified atom stereocenters. The van der Waals surface area contributed by atoms with E-state index in [4.69, 9.17) is 5.11 Å². The third-order valence-electron chi connectivity index (χ3n) is 3.33. The first-order valence-electron chi connectivity index (χ1n) is 6.68. The van der Waals surface area contributed by atoms with Crippen LogP contribution in [0, 0.1) is 6.92 Å². The van der Waals surface area contributed by atoms with Crippen LogP contribution >= 0.6 is 0 Å². The molecule has 2 heterocycles. The zero-order valence-corrected chi connectivity index (χ0v) is 12.6. The summed E-state index contributed by atoms with van der Waals surface area (Å²) in [4.78, 5) is 23.3. The predicted molar refractivity (Wildman–Crippen MR) is 78.8 cm³/mol. The van der Waals surface area contributed by atoms with Gasteiger partial charge in [-0.2, -0.15) is 5.10 Å². The molecule has 0 aliphatic heterocycles. The molecule has 112 valence electrons. The van der Waals surface area contributed by atoms with Gasteiger partial charge < -0.3 is 9.67 Å². The normalized spacial score (nSPS) is 11.6. The molecule has 0 bridgehead atoms. The van der Waals surface area contributed by atoms with Crippen molar-refractivity contribution in [1.29, 1.82) is 0 Å². The summed E-state index contributed by atoms with van der Waals surface area (Å²) in [5.74, 6) is -1.20. The molecule has 2 rings (SSSR count). The molecule has 2 aromatic heterocycles. The van der Waals surface area contributed by atoms with Crippen LogP contribution in [-0.2, 0) is 12.0 Å². The Hall–Kier alpha value is -2.37. The van der Waals surface area contributed by atoms with E-state index < -0.39 is 11.5 Å². The highest BCUT2D eigenvalue weighted by Gasteiger charge is 2.18. The van der Waals surface area contributed by atoms with Crippen molar-refractivity contribution in [3.8, 4) is 0 Å².